The lowest BCUT2D eigenvalue weighted by Gasteiger charge is -2.20. The van der Waals surface area contributed by atoms with E-state index in [0.717, 1.165) is 5.56 Å². The zero-order valence-corrected chi connectivity index (χ0v) is 14.2. The van der Waals surface area contributed by atoms with E-state index in [1.165, 1.54) is 0 Å². The molecule has 0 saturated carbocycles. The molecule has 3 aromatic rings. The average Bonchev–Trinajstić information content (AvgIpc) is 2.59. The van der Waals surface area contributed by atoms with Gasteiger partial charge in [-0.05, 0) is 30.2 Å². The maximum absolute atomic E-state index is 14.3. The molecule has 0 radical (unpaired) electrons. The summed E-state index contributed by atoms with van der Waals surface area (Å²) < 4.78 is 87.9. The van der Waals surface area contributed by atoms with E-state index in [0.29, 0.717) is 17.7 Å². The van der Waals surface area contributed by atoms with Gasteiger partial charge < -0.3 is 9.84 Å². The first-order valence-electron chi connectivity index (χ1n) is 7.90. The predicted molar refractivity (Wildman–Crippen MR) is 89.1 cm³/mol. The summed E-state index contributed by atoms with van der Waals surface area (Å²) >= 11 is 0. The Kier molecular flexibility index (Phi) is 4.97. The first-order valence-corrected chi connectivity index (χ1v) is 7.90. The Morgan fingerprint density at radius 1 is 0.750 bits per heavy atom. The summed E-state index contributed by atoms with van der Waals surface area (Å²) in [5.41, 5.74) is -0.384. The molecule has 0 saturated heterocycles. The van der Waals surface area contributed by atoms with Crippen LogP contribution in [0.15, 0.2) is 48.5 Å². The Balaban J connectivity index is 1.99. The Bertz CT molecular complexity index is 985. The highest BCUT2D eigenvalue weighted by Crippen LogP contribution is 2.38. The number of phenols is 1. The second kappa shape index (κ2) is 7.10. The minimum absolute atomic E-state index is 0.0243. The number of aromatic hydroxyl groups is 1. The number of ether oxygens (including phenoxy) is 1. The van der Waals surface area contributed by atoms with Gasteiger partial charge in [0.2, 0.25) is 0 Å². The molecule has 0 spiro atoms. The van der Waals surface area contributed by atoms with Crippen molar-refractivity contribution in [1.82, 2.24) is 0 Å². The standard InChI is InChI=1S/C20H12F6O2/c1-10-2-4-11(5-3-10)12-6-14(21)18(15(22)7-12)20(25,26)28-13-8-16(23)19(27)17(24)9-13/h2-9,27H,1H3. The fraction of sp³-hybridized carbons (Fsp3) is 0.100. The molecule has 0 amide bonds. The monoisotopic (exact) mass is 398 g/mol. The number of benzene rings is 3. The molecule has 0 unspecified atom stereocenters. The molecule has 0 aliphatic rings. The molecule has 28 heavy (non-hydrogen) atoms. The van der Waals surface area contributed by atoms with Crippen LogP contribution in [-0.4, -0.2) is 5.11 Å². The van der Waals surface area contributed by atoms with Gasteiger partial charge in [0.15, 0.2) is 17.4 Å². The van der Waals surface area contributed by atoms with E-state index in [4.69, 9.17) is 5.11 Å². The van der Waals surface area contributed by atoms with Crippen LogP contribution in [0.25, 0.3) is 11.1 Å². The molecule has 146 valence electrons. The van der Waals surface area contributed by atoms with Crippen molar-refractivity contribution in [2.24, 2.45) is 0 Å². The van der Waals surface area contributed by atoms with Gasteiger partial charge in [0.05, 0.1) is 0 Å². The third-order valence-electron chi connectivity index (χ3n) is 3.95. The average molecular weight is 398 g/mol. The van der Waals surface area contributed by atoms with Gasteiger partial charge in [-0.25, -0.2) is 17.6 Å². The van der Waals surface area contributed by atoms with Crippen molar-refractivity contribution < 1.29 is 36.2 Å². The normalized spacial score (nSPS) is 11.5. The van der Waals surface area contributed by atoms with E-state index < -0.39 is 46.4 Å². The second-order valence-corrected chi connectivity index (χ2v) is 6.04. The summed E-state index contributed by atoms with van der Waals surface area (Å²) in [4.78, 5) is 0. The van der Waals surface area contributed by atoms with Crippen LogP contribution in [0, 0.1) is 30.2 Å². The van der Waals surface area contributed by atoms with Crippen molar-refractivity contribution in [1.29, 1.82) is 0 Å². The van der Waals surface area contributed by atoms with Crippen LogP contribution in [0.1, 0.15) is 11.1 Å². The summed E-state index contributed by atoms with van der Waals surface area (Å²) in [6, 6.07) is 8.46. The lowest BCUT2D eigenvalue weighted by molar-refractivity contribution is -0.189. The van der Waals surface area contributed by atoms with Crippen molar-refractivity contribution in [3.8, 4) is 22.6 Å². The molecule has 0 aliphatic carbocycles. The summed E-state index contributed by atoms with van der Waals surface area (Å²) in [6.07, 6.45) is -4.57. The summed E-state index contributed by atoms with van der Waals surface area (Å²) in [7, 11) is 0. The van der Waals surface area contributed by atoms with Gasteiger partial charge in [-0.3, -0.25) is 0 Å². The number of hydrogen-bond acceptors (Lipinski definition) is 2. The molecule has 0 bridgehead atoms. The maximum Gasteiger partial charge on any atom is 0.432 e. The van der Waals surface area contributed by atoms with Gasteiger partial charge in [0.1, 0.15) is 22.9 Å². The van der Waals surface area contributed by atoms with E-state index >= 15 is 0 Å². The molecule has 8 heteroatoms. The maximum atomic E-state index is 14.3. The smallest absolute Gasteiger partial charge is 0.432 e. The highest BCUT2D eigenvalue weighted by molar-refractivity contribution is 5.64. The molecular weight excluding hydrogens is 386 g/mol. The minimum Gasteiger partial charge on any atom is -0.503 e. The van der Waals surface area contributed by atoms with E-state index in [1.54, 1.807) is 31.2 Å². The van der Waals surface area contributed by atoms with E-state index in [-0.39, 0.29) is 17.7 Å². The highest BCUT2D eigenvalue weighted by atomic mass is 19.3. The van der Waals surface area contributed by atoms with Gasteiger partial charge in [-0.2, -0.15) is 8.78 Å². The van der Waals surface area contributed by atoms with Gasteiger partial charge in [-0.15, -0.1) is 0 Å². The number of alkyl halides is 2. The number of aryl methyl sites for hydroxylation is 1. The van der Waals surface area contributed by atoms with E-state index in [1.807, 2.05) is 0 Å². The largest absolute Gasteiger partial charge is 0.503 e. The van der Waals surface area contributed by atoms with Crippen molar-refractivity contribution in [3.63, 3.8) is 0 Å². The third kappa shape index (κ3) is 3.76. The minimum atomic E-state index is -4.57. The van der Waals surface area contributed by atoms with Crippen LogP contribution in [-0.2, 0) is 6.11 Å². The quantitative estimate of drug-likeness (QED) is 0.542. The van der Waals surface area contributed by atoms with Crippen LogP contribution in [0.5, 0.6) is 11.5 Å². The molecule has 3 aromatic carbocycles. The Morgan fingerprint density at radius 3 is 1.75 bits per heavy atom. The van der Waals surface area contributed by atoms with Crippen LogP contribution in [0.3, 0.4) is 0 Å². The molecule has 0 heterocycles. The second-order valence-electron chi connectivity index (χ2n) is 6.04. The Morgan fingerprint density at radius 2 is 1.25 bits per heavy atom. The molecule has 1 N–H and O–H groups in total. The lowest BCUT2D eigenvalue weighted by Crippen LogP contribution is -2.25. The summed E-state index contributed by atoms with van der Waals surface area (Å²) in [5, 5.41) is 8.98. The number of phenolic OH excluding ortho intramolecular Hbond substituents is 1. The Hall–Kier alpha value is -3.16. The van der Waals surface area contributed by atoms with Crippen molar-refractivity contribution in [3.05, 3.63) is 82.9 Å². The summed E-state index contributed by atoms with van der Waals surface area (Å²) in [5.74, 6) is -8.78. The number of hydrogen-bond donors (Lipinski definition) is 1. The van der Waals surface area contributed by atoms with E-state index in [2.05, 4.69) is 4.74 Å². The van der Waals surface area contributed by atoms with Crippen LogP contribution in [0.4, 0.5) is 26.3 Å². The van der Waals surface area contributed by atoms with Gasteiger partial charge in [-0.1, -0.05) is 29.8 Å². The van der Waals surface area contributed by atoms with E-state index in [9.17, 15) is 26.3 Å². The van der Waals surface area contributed by atoms with Gasteiger partial charge >= 0.3 is 6.11 Å². The zero-order valence-electron chi connectivity index (χ0n) is 14.2. The third-order valence-corrected chi connectivity index (χ3v) is 3.95. The molecule has 0 fully saturated rings. The molecular formula is C20H12F6O2. The fourth-order valence-electron chi connectivity index (χ4n) is 2.56. The highest BCUT2D eigenvalue weighted by Gasteiger charge is 2.41. The first kappa shape index (κ1) is 19.6. The van der Waals surface area contributed by atoms with Crippen molar-refractivity contribution in [2.45, 2.75) is 13.0 Å². The predicted octanol–water partition coefficient (Wildman–Crippen LogP) is 6.05. The Labute approximate surface area is 155 Å². The molecule has 0 aliphatic heterocycles. The van der Waals surface area contributed by atoms with Gasteiger partial charge in [0, 0.05) is 12.1 Å². The van der Waals surface area contributed by atoms with Crippen molar-refractivity contribution in [2.75, 3.05) is 0 Å². The molecule has 3 rings (SSSR count). The molecule has 0 atom stereocenters. The van der Waals surface area contributed by atoms with Crippen molar-refractivity contribution >= 4 is 0 Å². The topological polar surface area (TPSA) is 29.5 Å². The fourth-order valence-corrected chi connectivity index (χ4v) is 2.56. The number of halogens is 6. The van der Waals surface area contributed by atoms with Gasteiger partial charge in [0.25, 0.3) is 0 Å². The SMILES string of the molecule is Cc1ccc(-c2cc(F)c(C(F)(F)Oc3cc(F)c(O)c(F)c3)c(F)c2)cc1. The lowest BCUT2D eigenvalue weighted by atomic mass is 10.0. The number of rotatable bonds is 4. The molecule has 2 nitrogen and oxygen atoms in total. The van der Waals surface area contributed by atoms with Crippen LogP contribution >= 0.6 is 0 Å². The summed E-state index contributed by atoms with van der Waals surface area (Å²) in [6.45, 7) is 1.81. The van der Waals surface area contributed by atoms with Crippen LogP contribution in [0.2, 0.25) is 0 Å². The first-order chi connectivity index (χ1) is 13.1. The molecule has 0 aromatic heterocycles. The zero-order chi connectivity index (χ0) is 20.6. The van der Waals surface area contributed by atoms with Crippen LogP contribution < -0.4 is 4.74 Å².